The van der Waals surface area contributed by atoms with E-state index in [2.05, 4.69) is 27.2 Å². The van der Waals surface area contributed by atoms with Gasteiger partial charge in [-0.3, -0.25) is 14.7 Å². The summed E-state index contributed by atoms with van der Waals surface area (Å²) >= 11 is 1.26. The van der Waals surface area contributed by atoms with Gasteiger partial charge in [-0.2, -0.15) is 0 Å². The number of rotatable bonds is 5. The number of hydrogen-bond donors (Lipinski definition) is 1. The van der Waals surface area contributed by atoms with Gasteiger partial charge >= 0.3 is 6.09 Å². The molecular formula is C16H19N3O3S. The number of aryl methyl sites for hydroxylation is 2. The van der Waals surface area contributed by atoms with Crippen LogP contribution in [-0.2, 0) is 9.53 Å². The highest BCUT2D eigenvalue weighted by Gasteiger charge is 2.13. The highest BCUT2D eigenvalue weighted by Crippen LogP contribution is 2.23. The van der Waals surface area contributed by atoms with Crippen LogP contribution in [0.1, 0.15) is 18.1 Å². The van der Waals surface area contributed by atoms with Gasteiger partial charge in [-0.1, -0.05) is 23.9 Å². The third-order valence-corrected chi connectivity index (χ3v) is 4.05. The summed E-state index contributed by atoms with van der Waals surface area (Å²) in [4.78, 5) is 27.2. The van der Waals surface area contributed by atoms with Gasteiger partial charge in [0.1, 0.15) is 0 Å². The molecule has 0 aliphatic rings. The maximum Gasteiger partial charge on any atom is 0.413 e. The van der Waals surface area contributed by atoms with E-state index in [1.165, 1.54) is 11.8 Å². The predicted octanol–water partition coefficient (Wildman–Crippen LogP) is 2.85. The monoisotopic (exact) mass is 333 g/mol. The van der Waals surface area contributed by atoms with Crippen molar-refractivity contribution in [2.24, 2.45) is 0 Å². The van der Waals surface area contributed by atoms with Gasteiger partial charge in [0.25, 0.3) is 0 Å². The first kappa shape index (κ1) is 17.1. The lowest BCUT2D eigenvalue weighted by Gasteiger charge is -2.11. The summed E-state index contributed by atoms with van der Waals surface area (Å²) in [7, 11) is 0. The van der Waals surface area contributed by atoms with Crippen molar-refractivity contribution in [1.82, 2.24) is 14.9 Å². The third kappa shape index (κ3) is 4.59. The Morgan fingerprint density at radius 3 is 2.87 bits per heavy atom. The number of amides is 2. The van der Waals surface area contributed by atoms with Gasteiger partial charge in [0.05, 0.1) is 18.0 Å². The van der Waals surface area contributed by atoms with Crippen molar-refractivity contribution < 1.29 is 14.3 Å². The van der Waals surface area contributed by atoms with Crippen LogP contribution < -0.4 is 5.32 Å². The molecule has 0 fully saturated rings. The molecule has 6 nitrogen and oxygen atoms in total. The molecule has 1 aromatic carbocycles. The number of nitrogens with one attached hydrogen (secondary N) is 1. The van der Waals surface area contributed by atoms with Crippen LogP contribution in [0.4, 0.5) is 4.79 Å². The summed E-state index contributed by atoms with van der Waals surface area (Å²) < 4.78 is 6.61. The standard InChI is InChI=1S/C16H19N3O3S/c1-4-22-16(21)18-14(20)10-23-15-17-7-8-19(15)13-9-11(2)5-6-12(13)3/h5-9H,4,10H2,1-3H3,(H,18,20,21). The Morgan fingerprint density at radius 1 is 1.35 bits per heavy atom. The number of aromatic nitrogens is 2. The van der Waals surface area contributed by atoms with E-state index in [9.17, 15) is 9.59 Å². The first-order valence-corrected chi connectivity index (χ1v) is 8.20. The zero-order valence-corrected chi connectivity index (χ0v) is 14.1. The van der Waals surface area contributed by atoms with Gasteiger partial charge in [0, 0.05) is 12.4 Å². The minimum Gasteiger partial charge on any atom is -0.450 e. The molecule has 0 unspecified atom stereocenters. The topological polar surface area (TPSA) is 73.2 Å². The molecule has 1 N–H and O–H groups in total. The van der Waals surface area contributed by atoms with E-state index in [0.717, 1.165) is 16.8 Å². The largest absolute Gasteiger partial charge is 0.450 e. The summed E-state index contributed by atoms with van der Waals surface area (Å²) in [5.41, 5.74) is 3.29. The number of imidazole rings is 1. The normalized spacial score (nSPS) is 10.4. The second-order valence-corrected chi connectivity index (χ2v) is 5.87. The van der Waals surface area contributed by atoms with Crippen LogP contribution in [0, 0.1) is 13.8 Å². The SMILES string of the molecule is CCOC(=O)NC(=O)CSc1nccn1-c1cc(C)ccc1C. The van der Waals surface area contributed by atoms with Crippen LogP contribution in [0.15, 0.2) is 35.7 Å². The zero-order chi connectivity index (χ0) is 16.8. The van der Waals surface area contributed by atoms with Gasteiger partial charge in [0.2, 0.25) is 5.91 Å². The molecule has 2 amide bonds. The molecule has 0 aliphatic heterocycles. The lowest BCUT2D eigenvalue weighted by Crippen LogP contribution is -2.32. The van der Waals surface area contributed by atoms with Gasteiger partial charge < -0.3 is 4.74 Å². The molecule has 0 aliphatic carbocycles. The smallest absolute Gasteiger partial charge is 0.413 e. The second-order valence-electron chi connectivity index (χ2n) is 4.93. The lowest BCUT2D eigenvalue weighted by molar-refractivity contribution is -0.117. The number of benzene rings is 1. The highest BCUT2D eigenvalue weighted by molar-refractivity contribution is 7.99. The molecule has 0 atom stereocenters. The van der Waals surface area contributed by atoms with E-state index in [1.54, 1.807) is 13.1 Å². The molecule has 122 valence electrons. The van der Waals surface area contributed by atoms with Crippen molar-refractivity contribution >= 4 is 23.8 Å². The van der Waals surface area contributed by atoms with Crippen molar-refractivity contribution in [3.05, 3.63) is 41.7 Å². The van der Waals surface area contributed by atoms with Crippen molar-refractivity contribution in [1.29, 1.82) is 0 Å². The molecule has 0 bridgehead atoms. The maximum absolute atomic E-state index is 11.7. The zero-order valence-electron chi connectivity index (χ0n) is 13.3. The molecule has 1 heterocycles. The van der Waals surface area contributed by atoms with Crippen molar-refractivity contribution in [2.75, 3.05) is 12.4 Å². The van der Waals surface area contributed by atoms with Gasteiger partial charge in [-0.15, -0.1) is 0 Å². The van der Waals surface area contributed by atoms with E-state index in [1.807, 2.05) is 30.7 Å². The number of carbonyl (C=O) groups is 2. The van der Waals surface area contributed by atoms with Crippen molar-refractivity contribution in [3.8, 4) is 5.69 Å². The summed E-state index contributed by atoms with van der Waals surface area (Å²) in [6.45, 7) is 5.96. The molecular weight excluding hydrogens is 314 g/mol. The van der Waals surface area contributed by atoms with Crippen LogP contribution in [0.25, 0.3) is 5.69 Å². The van der Waals surface area contributed by atoms with Crippen LogP contribution >= 0.6 is 11.8 Å². The van der Waals surface area contributed by atoms with Crippen LogP contribution in [0.2, 0.25) is 0 Å². The molecule has 7 heteroatoms. The molecule has 0 spiro atoms. The Bertz CT molecular complexity index is 712. The fraction of sp³-hybridized carbons (Fsp3) is 0.312. The molecule has 2 rings (SSSR count). The molecule has 2 aromatic rings. The van der Waals surface area contributed by atoms with Gasteiger partial charge in [-0.25, -0.2) is 9.78 Å². The third-order valence-electron chi connectivity index (χ3n) is 3.08. The average Bonchev–Trinajstić information content (AvgIpc) is 2.96. The Labute approximate surface area is 139 Å². The first-order valence-electron chi connectivity index (χ1n) is 7.21. The van der Waals surface area contributed by atoms with E-state index in [-0.39, 0.29) is 12.4 Å². The first-order chi connectivity index (χ1) is 11.0. The Hall–Kier alpha value is -2.28. The number of nitrogens with zero attached hydrogens (tertiary/aromatic N) is 2. The number of alkyl carbamates (subject to hydrolysis) is 1. The Morgan fingerprint density at radius 2 is 2.13 bits per heavy atom. The van der Waals surface area contributed by atoms with Crippen molar-refractivity contribution in [2.45, 2.75) is 25.9 Å². The number of thioether (sulfide) groups is 1. The fourth-order valence-electron chi connectivity index (χ4n) is 2.01. The minimum absolute atomic E-state index is 0.0840. The molecule has 0 radical (unpaired) electrons. The second kappa shape index (κ2) is 7.82. The quantitative estimate of drug-likeness (QED) is 0.852. The molecule has 0 saturated heterocycles. The fourth-order valence-corrected chi connectivity index (χ4v) is 2.77. The average molecular weight is 333 g/mol. The summed E-state index contributed by atoms with van der Waals surface area (Å²) in [5.74, 6) is -0.329. The predicted molar refractivity (Wildman–Crippen MR) is 88.9 cm³/mol. The summed E-state index contributed by atoms with van der Waals surface area (Å²) in [5, 5.41) is 2.86. The van der Waals surface area contributed by atoms with Crippen LogP contribution in [-0.4, -0.2) is 33.9 Å². The van der Waals surface area contributed by atoms with Crippen LogP contribution in [0.3, 0.4) is 0 Å². The molecule has 0 saturated carbocycles. The van der Waals surface area contributed by atoms with Gasteiger partial charge in [-0.05, 0) is 38.0 Å². The number of hydrogen-bond acceptors (Lipinski definition) is 5. The molecule has 23 heavy (non-hydrogen) atoms. The van der Waals surface area contributed by atoms with Gasteiger partial charge in [0.15, 0.2) is 5.16 Å². The van der Waals surface area contributed by atoms with E-state index in [0.29, 0.717) is 5.16 Å². The lowest BCUT2D eigenvalue weighted by atomic mass is 10.1. The Balaban J connectivity index is 2.06. The number of imide groups is 1. The minimum atomic E-state index is -0.726. The number of ether oxygens (including phenoxy) is 1. The Kier molecular flexibility index (Phi) is 5.81. The summed E-state index contributed by atoms with van der Waals surface area (Å²) in [6.07, 6.45) is 2.82. The van der Waals surface area contributed by atoms with Crippen molar-refractivity contribution in [3.63, 3.8) is 0 Å². The van der Waals surface area contributed by atoms with E-state index in [4.69, 9.17) is 0 Å². The van der Waals surface area contributed by atoms with E-state index < -0.39 is 12.0 Å². The molecule has 1 aromatic heterocycles. The summed E-state index contributed by atoms with van der Waals surface area (Å²) in [6, 6.07) is 6.17. The maximum atomic E-state index is 11.7. The van der Waals surface area contributed by atoms with E-state index >= 15 is 0 Å². The number of carbonyl (C=O) groups excluding carboxylic acids is 2. The van der Waals surface area contributed by atoms with Crippen LogP contribution in [0.5, 0.6) is 0 Å². The highest BCUT2D eigenvalue weighted by atomic mass is 32.2.